The Kier molecular flexibility index (Phi) is 4.61. The monoisotopic (exact) mass is 504 g/mol. The molecule has 0 saturated carbocycles. The van der Waals surface area contributed by atoms with Crippen molar-refractivity contribution in [1.29, 1.82) is 0 Å². The Labute approximate surface area is 197 Å². The van der Waals surface area contributed by atoms with Crippen LogP contribution in [0.2, 0.25) is 0 Å². The third-order valence-electron chi connectivity index (χ3n) is 6.32. The standard InChI is InChI=1S/C25H14F6N2OS/c26-24(27,28)23(25(29,30)31,22-32-11-12-34-22)21-16-10-9-14-13-5-2-4-8-18(13)35-20(14)19(16)15-6-1-3-7-17(15)33-21/h1-10H,11-12H2. The first-order valence-electron chi connectivity index (χ1n) is 10.6. The second-order valence-corrected chi connectivity index (χ2v) is 9.27. The summed E-state index contributed by atoms with van der Waals surface area (Å²) in [5, 5.41) is 2.14. The highest BCUT2D eigenvalue weighted by Crippen LogP contribution is 2.56. The Balaban J connectivity index is 1.87. The van der Waals surface area contributed by atoms with Gasteiger partial charge in [-0.05, 0) is 12.1 Å². The van der Waals surface area contributed by atoms with Crippen molar-refractivity contribution in [2.75, 3.05) is 13.2 Å². The molecule has 0 spiro atoms. The summed E-state index contributed by atoms with van der Waals surface area (Å²) in [5.74, 6) is -1.42. The molecule has 3 nitrogen and oxygen atoms in total. The number of rotatable bonds is 2. The van der Waals surface area contributed by atoms with Crippen LogP contribution in [0.3, 0.4) is 0 Å². The number of benzene rings is 3. The van der Waals surface area contributed by atoms with Crippen LogP contribution in [-0.2, 0) is 10.2 Å². The molecule has 35 heavy (non-hydrogen) atoms. The molecule has 5 aromatic rings. The van der Waals surface area contributed by atoms with E-state index in [9.17, 15) is 26.3 Å². The highest BCUT2D eigenvalue weighted by atomic mass is 32.1. The van der Waals surface area contributed by atoms with E-state index in [1.165, 1.54) is 29.5 Å². The smallest absolute Gasteiger partial charge is 0.417 e. The summed E-state index contributed by atoms with van der Waals surface area (Å²) in [7, 11) is 0. The van der Waals surface area contributed by atoms with E-state index in [0.717, 1.165) is 15.5 Å². The molecular weight excluding hydrogens is 490 g/mol. The van der Waals surface area contributed by atoms with Crippen molar-refractivity contribution in [3.63, 3.8) is 0 Å². The Hall–Kier alpha value is -3.40. The molecule has 0 saturated heterocycles. The van der Waals surface area contributed by atoms with Gasteiger partial charge in [0.1, 0.15) is 6.61 Å². The molecule has 3 heterocycles. The van der Waals surface area contributed by atoms with Crippen LogP contribution in [0.1, 0.15) is 5.69 Å². The van der Waals surface area contributed by atoms with Crippen molar-refractivity contribution in [2.24, 2.45) is 4.99 Å². The maximum atomic E-state index is 14.7. The van der Waals surface area contributed by atoms with Crippen molar-refractivity contribution < 1.29 is 31.1 Å². The molecule has 0 N–H and O–H groups in total. The third-order valence-corrected chi connectivity index (χ3v) is 7.52. The van der Waals surface area contributed by atoms with Crippen molar-refractivity contribution in [3.8, 4) is 0 Å². The lowest BCUT2D eigenvalue weighted by molar-refractivity contribution is -0.282. The molecule has 3 aromatic carbocycles. The molecular formula is C25H14F6N2OS. The number of halogens is 6. The fraction of sp³-hybridized carbons (Fsp3) is 0.200. The molecule has 0 unspecified atom stereocenters. The molecule has 0 fully saturated rings. The second kappa shape index (κ2) is 7.30. The van der Waals surface area contributed by atoms with Crippen LogP contribution < -0.4 is 0 Å². The first-order chi connectivity index (χ1) is 16.6. The topological polar surface area (TPSA) is 34.5 Å². The molecule has 1 aliphatic heterocycles. The maximum Gasteiger partial charge on any atom is 0.417 e. The van der Waals surface area contributed by atoms with Crippen molar-refractivity contribution in [3.05, 3.63) is 66.4 Å². The summed E-state index contributed by atoms with van der Waals surface area (Å²) in [5.41, 5.74) is -5.66. The van der Waals surface area contributed by atoms with Crippen molar-refractivity contribution in [1.82, 2.24) is 4.98 Å². The van der Waals surface area contributed by atoms with Gasteiger partial charge >= 0.3 is 12.4 Å². The van der Waals surface area contributed by atoms with Gasteiger partial charge in [0.05, 0.1) is 17.8 Å². The predicted octanol–water partition coefficient (Wildman–Crippen LogP) is 7.55. The number of nitrogens with zero attached hydrogens (tertiary/aromatic N) is 2. The number of alkyl halides is 6. The Bertz CT molecular complexity index is 1650. The number of aliphatic imine (C=N–C) groups is 1. The van der Waals surface area contributed by atoms with Gasteiger partial charge in [-0.2, -0.15) is 26.3 Å². The molecule has 1 aliphatic rings. The number of ether oxygens (including phenoxy) is 1. The molecule has 10 heteroatoms. The number of hydrogen-bond acceptors (Lipinski definition) is 4. The first-order valence-corrected chi connectivity index (χ1v) is 11.4. The minimum atomic E-state index is -5.81. The van der Waals surface area contributed by atoms with Gasteiger partial charge in [0.2, 0.25) is 5.90 Å². The summed E-state index contributed by atoms with van der Waals surface area (Å²) >= 11 is 1.32. The lowest BCUT2D eigenvalue weighted by Gasteiger charge is -2.36. The number of para-hydroxylation sites is 1. The Morgan fingerprint density at radius 2 is 1.40 bits per heavy atom. The normalized spacial score (nSPS) is 15.3. The number of thiophene rings is 1. The van der Waals surface area contributed by atoms with Crippen LogP contribution in [0.25, 0.3) is 41.8 Å². The van der Waals surface area contributed by atoms with Crippen LogP contribution in [0.15, 0.2) is 65.7 Å². The van der Waals surface area contributed by atoms with Crippen LogP contribution in [-0.4, -0.2) is 36.4 Å². The third kappa shape index (κ3) is 2.92. The minimum Gasteiger partial charge on any atom is -0.478 e. The summed E-state index contributed by atoms with van der Waals surface area (Å²) in [6.45, 7) is -0.662. The van der Waals surface area contributed by atoms with E-state index >= 15 is 0 Å². The summed E-state index contributed by atoms with van der Waals surface area (Å²) in [4.78, 5) is 7.54. The SMILES string of the molecule is FC(F)(F)C(C1=NCCO1)(c1nc2ccccc2c2c1ccc1c3ccccc3sc12)C(F)(F)F. The summed E-state index contributed by atoms with van der Waals surface area (Å²) in [6, 6.07) is 16.6. The van der Waals surface area contributed by atoms with Crippen LogP contribution in [0.5, 0.6) is 0 Å². The van der Waals surface area contributed by atoms with Gasteiger partial charge in [0.25, 0.3) is 5.41 Å². The molecule has 2 aromatic heterocycles. The van der Waals surface area contributed by atoms with Gasteiger partial charge in [0.15, 0.2) is 0 Å². The van der Waals surface area contributed by atoms with E-state index in [0.29, 0.717) is 15.5 Å². The maximum absolute atomic E-state index is 14.7. The van der Waals surface area contributed by atoms with Crippen molar-refractivity contribution in [2.45, 2.75) is 17.8 Å². The highest BCUT2D eigenvalue weighted by Gasteiger charge is 2.77. The van der Waals surface area contributed by atoms with E-state index in [4.69, 9.17) is 4.74 Å². The van der Waals surface area contributed by atoms with Crippen LogP contribution in [0, 0.1) is 0 Å². The van der Waals surface area contributed by atoms with Gasteiger partial charge in [-0.1, -0.05) is 48.5 Å². The lowest BCUT2D eigenvalue weighted by atomic mass is 9.79. The highest BCUT2D eigenvalue weighted by molar-refractivity contribution is 7.26. The van der Waals surface area contributed by atoms with Crippen LogP contribution >= 0.6 is 11.3 Å². The van der Waals surface area contributed by atoms with E-state index in [1.807, 2.05) is 24.3 Å². The predicted molar refractivity (Wildman–Crippen MR) is 124 cm³/mol. The molecule has 0 atom stereocenters. The number of fused-ring (bicyclic) bond motifs is 7. The Morgan fingerprint density at radius 1 is 0.743 bits per heavy atom. The summed E-state index contributed by atoms with van der Waals surface area (Å²) < 4.78 is 94.6. The molecule has 178 valence electrons. The fourth-order valence-electron chi connectivity index (χ4n) is 4.84. The average Bonchev–Trinajstić information content (AvgIpc) is 3.45. The summed E-state index contributed by atoms with van der Waals surface area (Å²) in [6.07, 6.45) is -11.6. The number of hydrogen-bond donors (Lipinski definition) is 0. The largest absolute Gasteiger partial charge is 0.478 e. The zero-order valence-corrected chi connectivity index (χ0v) is 18.5. The van der Waals surface area contributed by atoms with Gasteiger partial charge in [-0.25, -0.2) is 0 Å². The number of aromatic nitrogens is 1. The van der Waals surface area contributed by atoms with E-state index < -0.39 is 29.4 Å². The average molecular weight is 504 g/mol. The van der Waals surface area contributed by atoms with Gasteiger partial charge < -0.3 is 4.74 Å². The Morgan fingerprint density at radius 3 is 2.09 bits per heavy atom. The van der Waals surface area contributed by atoms with Gasteiger partial charge in [-0.15, -0.1) is 11.3 Å². The quantitative estimate of drug-likeness (QED) is 0.184. The second-order valence-electron chi connectivity index (χ2n) is 8.22. The lowest BCUT2D eigenvalue weighted by Crippen LogP contribution is -2.60. The van der Waals surface area contributed by atoms with E-state index in [-0.39, 0.29) is 24.1 Å². The molecule has 0 bridgehead atoms. The van der Waals surface area contributed by atoms with Gasteiger partial charge in [-0.3, -0.25) is 9.98 Å². The van der Waals surface area contributed by atoms with E-state index in [2.05, 4.69) is 9.98 Å². The molecule has 0 amide bonds. The van der Waals surface area contributed by atoms with Gasteiger partial charge in [0, 0.05) is 36.3 Å². The first kappa shape index (κ1) is 22.1. The van der Waals surface area contributed by atoms with Crippen molar-refractivity contribution >= 4 is 59.1 Å². The minimum absolute atomic E-state index is 0.0245. The van der Waals surface area contributed by atoms with E-state index in [1.54, 1.807) is 18.2 Å². The van der Waals surface area contributed by atoms with Crippen LogP contribution in [0.4, 0.5) is 26.3 Å². The fourth-order valence-corrected chi connectivity index (χ4v) is 6.10. The molecule has 0 aliphatic carbocycles. The molecule has 0 radical (unpaired) electrons. The number of pyridine rings is 1. The zero-order valence-electron chi connectivity index (χ0n) is 17.7. The zero-order chi connectivity index (χ0) is 24.6. The molecule has 6 rings (SSSR count).